The van der Waals surface area contributed by atoms with E-state index in [1.165, 1.54) is 19.2 Å². The first-order valence-electron chi connectivity index (χ1n) is 5.68. The van der Waals surface area contributed by atoms with Gasteiger partial charge in [-0.25, -0.2) is 9.78 Å². The summed E-state index contributed by atoms with van der Waals surface area (Å²) in [5.41, 5.74) is -0.214. The van der Waals surface area contributed by atoms with Crippen LogP contribution in [0.5, 0.6) is 0 Å². The number of carbonyl (C=O) groups is 1. The number of rotatable bonds is 7. The number of anilines is 1. The minimum Gasteiger partial charge on any atom is -0.464 e. The molecular formula is C11H15N3O5. The van der Waals surface area contributed by atoms with Crippen LogP contribution in [-0.2, 0) is 4.74 Å². The Hall–Kier alpha value is -2.22. The first-order chi connectivity index (χ1) is 9.10. The van der Waals surface area contributed by atoms with Gasteiger partial charge in [0.25, 0.3) is 0 Å². The second kappa shape index (κ2) is 7.27. The summed E-state index contributed by atoms with van der Waals surface area (Å²) in [5, 5.41) is 22.3. The van der Waals surface area contributed by atoms with Crippen molar-refractivity contribution in [2.45, 2.75) is 12.8 Å². The molecule has 0 atom stereocenters. The number of nitro groups is 1. The van der Waals surface area contributed by atoms with E-state index < -0.39 is 10.9 Å². The molecule has 1 aromatic heterocycles. The Morgan fingerprint density at radius 1 is 1.53 bits per heavy atom. The van der Waals surface area contributed by atoms with Crippen LogP contribution in [0, 0.1) is 10.1 Å². The van der Waals surface area contributed by atoms with Crippen LogP contribution in [0.15, 0.2) is 12.1 Å². The van der Waals surface area contributed by atoms with Crippen LogP contribution in [0.2, 0.25) is 0 Å². The highest BCUT2D eigenvalue weighted by Gasteiger charge is 2.18. The Morgan fingerprint density at radius 2 is 2.26 bits per heavy atom. The minimum atomic E-state index is -0.659. The van der Waals surface area contributed by atoms with Crippen molar-refractivity contribution in [1.82, 2.24) is 4.98 Å². The zero-order valence-corrected chi connectivity index (χ0v) is 10.5. The van der Waals surface area contributed by atoms with Crippen molar-refractivity contribution >= 4 is 17.5 Å². The first-order valence-corrected chi connectivity index (χ1v) is 5.68. The lowest BCUT2D eigenvalue weighted by Gasteiger charge is -2.07. The van der Waals surface area contributed by atoms with E-state index >= 15 is 0 Å². The number of esters is 1. The number of hydrogen-bond acceptors (Lipinski definition) is 7. The Kier molecular flexibility index (Phi) is 5.68. The molecule has 0 unspecified atom stereocenters. The number of pyridine rings is 1. The van der Waals surface area contributed by atoms with Crippen molar-refractivity contribution in [1.29, 1.82) is 0 Å². The molecule has 0 radical (unpaired) electrons. The second-order valence-electron chi connectivity index (χ2n) is 3.67. The largest absolute Gasteiger partial charge is 0.464 e. The molecule has 0 bridgehead atoms. The Morgan fingerprint density at radius 3 is 2.84 bits per heavy atom. The lowest BCUT2D eigenvalue weighted by Crippen LogP contribution is -2.11. The highest BCUT2D eigenvalue weighted by Crippen LogP contribution is 2.22. The molecule has 1 aromatic rings. The van der Waals surface area contributed by atoms with Gasteiger partial charge in [-0.05, 0) is 18.9 Å². The van der Waals surface area contributed by atoms with E-state index in [0.29, 0.717) is 19.4 Å². The van der Waals surface area contributed by atoms with E-state index in [4.69, 9.17) is 5.11 Å². The van der Waals surface area contributed by atoms with Gasteiger partial charge < -0.3 is 15.2 Å². The molecule has 1 heterocycles. The minimum absolute atomic E-state index is 0.00208. The molecule has 2 N–H and O–H groups in total. The van der Waals surface area contributed by atoms with Gasteiger partial charge in [0, 0.05) is 19.2 Å². The third kappa shape index (κ3) is 4.18. The van der Waals surface area contributed by atoms with Gasteiger partial charge in [-0.1, -0.05) is 0 Å². The topological polar surface area (TPSA) is 115 Å². The quantitative estimate of drug-likeness (QED) is 0.328. The molecule has 1 rings (SSSR count). The zero-order valence-electron chi connectivity index (χ0n) is 10.5. The van der Waals surface area contributed by atoms with Gasteiger partial charge in [0.1, 0.15) is 0 Å². The number of hydrogen-bond donors (Lipinski definition) is 2. The molecule has 0 aliphatic heterocycles. The summed E-state index contributed by atoms with van der Waals surface area (Å²) in [6.07, 6.45) is 1.22. The van der Waals surface area contributed by atoms with Gasteiger partial charge in [-0.15, -0.1) is 0 Å². The fraction of sp³-hybridized carbons (Fsp3) is 0.455. The highest BCUT2D eigenvalue weighted by molar-refractivity contribution is 5.88. The van der Waals surface area contributed by atoms with Gasteiger partial charge in [0.05, 0.1) is 12.0 Å². The van der Waals surface area contributed by atoms with Crippen LogP contribution in [0.25, 0.3) is 0 Å². The molecule has 0 saturated heterocycles. The summed E-state index contributed by atoms with van der Waals surface area (Å²) < 4.78 is 4.50. The molecule has 0 spiro atoms. The van der Waals surface area contributed by atoms with E-state index in [1.54, 1.807) is 0 Å². The maximum Gasteiger partial charge on any atom is 0.356 e. The van der Waals surface area contributed by atoms with Gasteiger partial charge in [0.2, 0.25) is 5.82 Å². The van der Waals surface area contributed by atoms with Crippen molar-refractivity contribution < 1.29 is 19.6 Å². The van der Waals surface area contributed by atoms with Gasteiger partial charge in [0.15, 0.2) is 5.69 Å². The summed E-state index contributed by atoms with van der Waals surface area (Å²) in [6, 6.07) is 2.44. The Balaban J connectivity index is 2.89. The maximum absolute atomic E-state index is 11.3. The van der Waals surface area contributed by atoms with Crippen LogP contribution >= 0.6 is 0 Å². The fourth-order valence-electron chi connectivity index (χ4n) is 1.39. The van der Waals surface area contributed by atoms with Crippen LogP contribution in [0.3, 0.4) is 0 Å². The van der Waals surface area contributed by atoms with Crippen molar-refractivity contribution in [2.75, 3.05) is 25.6 Å². The van der Waals surface area contributed by atoms with Crippen LogP contribution in [0.4, 0.5) is 11.5 Å². The Bertz CT molecular complexity index is 464. The average Bonchev–Trinajstić information content (AvgIpc) is 2.42. The summed E-state index contributed by atoms with van der Waals surface area (Å²) in [7, 11) is 1.21. The fourth-order valence-corrected chi connectivity index (χ4v) is 1.39. The smallest absolute Gasteiger partial charge is 0.356 e. The van der Waals surface area contributed by atoms with E-state index in [2.05, 4.69) is 15.0 Å². The van der Waals surface area contributed by atoms with Crippen LogP contribution < -0.4 is 5.32 Å². The molecule has 104 valence electrons. The van der Waals surface area contributed by atoms with Crippen molar-refractivity contribution in [3.63, 3.8) is 0 Å². The predicted octanol–water partition coefficient (Wildman–Crippen LogP) is 0.961. The zero-order chi connectivity index (χ0) is 14.3. The molecule has 0 saturated carbocycles. The predicted molar refractivity (Wildman–Crippen MR) is 67.0 cm³/mol. The standard InChI is InChI=1S/C11H15N3O5/c1-19-11(16)8-4-5-9(14(17)18)10(13-8)12-6-2-3-7-15/h4-5,15H,2-3,6-7H2,1H3,(H,12,13). The molecular weight excluding hydrogens is 254 g/mol. The van der Waals surface area contributed by atoms with Gasteiger partial charge in [-0.2, -0.15) is 0 Å². The number of unbranched alkanes of at least 4 members (excludes halogenated alkanes) is 1. The lowest BCUT2D eigenvalue weighted by molar-refractivity contribution is -0.384. The van der Waals surface area contributed by atoms with Gasteiger partial charge >= 0.3 is 11.7 Å². The van der Waals surface area contributed by atoms with Crippen molar-refractivity contribution in [3.05, 3.63) is 27.9 Å². The van der Waals surface area contributed by atoms with Crippen molar-refractivity contribution in [2.24, 2.45) is 0 Å². The summed E-state index contributed by atoms with van der Waals surface area (Å²) in [4.78, 5) is 25.4. The van der Waals surface area contributed by atoms with E-state index in [9.17, 15) is 14.9 Å². The molecule has 0 aliphatic carbocycles. The third-order valence-corrected chi connectivity index (χ3v) is 2.34. The maximum atomic E-state index is 11.3. The Labute approximate surface area is 109 Å². The molecule has 0 amide bonds. The first kappa shape index (κ1) is 14.8. The normalized spacial score (nSPS) is 10.0. The number of aliphatic hydroxyl groups excluding tert-OH is 1. The van der Waals surface area contributed by atoms with Gasteiger partial charge in [-0.3, -0.25) is 10.1 Å². The molecule has 0 aliphatic rings. The van der Waals surface area contributed by atoms with Crippen molar-refractivity contribution in [3.8, 4) is 0 Å². The summed E-state index contributed by atoms with van der Waals surface area (Å²) in [5.74, 6) is -0.640. The highest BCUT2D eigenvalue weighted by atomic mass is 16.6. The SMILES string of the molecule is COC(=O)c1ccc([N+](=O)[O-])c(NCCCCO)n1. The molecule has 19 heavy (non-hydrogen) atoms. The third-order valence-electron chi connectivity index (χ3n) is 2.34. The second-order valence-corrected chi connectivity index (χ2v) is 3.67. The summed E-state index contributed by atoms with van der Waals surface area (Å²) in [6.45, 7) is 0.471. The molecule has 0 fully saturated rings. The monoisotopic (exact) mass is 269 g/mol. The number of aliphatic hydroxyl groups is 1. The average molecular weight is 269 g/mol. The molecule has 8 heteroatoms. The lowest BCUT2D eigenvalue weighted by atomic mass is 10.3. The van der Waals surface area contributed by atoms with E-state index in [0.717, 1.165) is 0 Å². The number of nitrogens with one attached hydrogen (secondary N) is 1. The summed E-state index contributed by atoms with van der Waals surface area (Å²) >= 11 is 0. The van der Waals surface area contributed by atoms with Crippen LogP contribution in [-0.4, -0.2) is 41.2 Å². The molecule has 0 aromatic carbocycles. The number of aromatic nitrogens is 1. The van der Waals surface area contributed by atoms with E-state index in [-0.39, 0.29) is 23.8 Å². The number of carbonyl (C=O) groups excluding carboxylic acids is 1. The van der Waals surface area contributed by atoms with E-state index in [1.807, 2.05) is 0 Å². The number of ether oxygens (including phenoxy) is 1. The van der Waals surface area contributed by atoms with Crippen LogP contribution in [0.1, 0.15) is 23.3 Å². The number of methoxy groups -OCH3 is 1. The number of nitrogens with zero attached hydrogens (tertiary/aromatic N) is 2. The molecule has 8 nitrogen and oxygen atoms in total.